The molecule has 0 saturated heterocycles. The summed E-state index contributed by atoms with van der Waals surface area (Å²) in [7, 11) is 0. The van der Waals surface area contributed by atoms with Gasteiger partial charge in [-0.25, -0.2) is 14.8 Å². The van der Waals surface area contributed by atoms with Crippen molar-refractivity contribution in [2.75, 3.05) is 0 Å². The highest BCUT2D eigenvalue weighted by Gasteiger charge is 2.23. The van der Waals surface area contributed by atoms with Crippen LogP contribution in [0.5, 0.6) is 0 Å². The van der Waals surface area contributed by atoms with Gasteiger partial charge in [-0.05, 0) is 40.0 Å². The van der Waals surface area contributed by atoms with E-state index in [1.165, 1.54) is 16.7 Å². The van der Waals surface area contributed by atoms with Gasteiger partial charge in [0.05, 0.1) is 6.54 Å². The highest BCUT2D eigenvalue weighted by Crippen LogP contribution is 2.24. The van der Waals surface area contributed by atoms with E-state index in [1.807, 2.05) is 18.2 Å². The number of unbranched alkanes of at least 4 members (excludes halogenated alkanes) is 1. The Labute approximate surface area is 189 Å². The van der Waals surface area contributed by atoms with Gasteiger partial charge in [-0.15, -0.1) is 5.10 Å². The molecule has 0 aliphatic heterocycles. The van der Waals surface area contributed by atoms with Gasteiger partial charge in [0.1, 0.15) is 5.82 Å². The van der Waals surface area contributed by atoms with Crippen LogP contribution in [-0.2, 0) is 24.8 Å². The van der Waals surface area contributed by atoms with Gasteiger partial charge in [0.25, 0.3) is 0 Å². The second-order valence-corrected chi connectivity index (χ2v) is 9.26. The number of hydrogen-bond acceptors (Lipinski definition) is 5. The van der Waals surface area contributed by atoms with E-state index < -0.39 is 0 Å². The van der Waals surface area contributed by atoms with Crippen molar-refractivity contribution in [2.45, 2.75) is 65.3 Å². The molecule has 166 valence electrons. The van der Waals surface area contributed by atoms with Crippen LogP contribution in [0.4, 0.5) is 0 Å². The van der Waals surface area contributed by atoms with Crippen LogP contribution < -0.4 is 0 Å². The highest BCUT2D eigenvalue weighted by molar-refractivity contribution is 5.60. The standard InChI is InChI=1S/C25H31N7/c1-5-6-11-22-26-24(25(2,3)4)32(29-22)17-19-14-12-18(13-15-19)16-20-9-7-8-10-21(20)23-27-30-31-28-23/h7-10,12-15H,5-6,11,16-17H2,1-4H3,(H,27,28,30,31). The fourth-order valence-electron chi connectivity index (χ4n) is 3.83. The maximum atomic E-state index is 4.86. The number of rotatable bonds is 8. The minimum absolute atomic E-state index is 0.0450. The topological polar surface area (TPSA) is 85.2 Å². The summed E-state index contributed by atoms with van der Waals surface area (Å²) in [5, 5.41) is 19.2. The average molecular weight is 430 g/mol. The molecule has 2 heterocycles. The zero-order chi connectivity index (χ0) is 22.6. The van der Waals surface area contributed by atoms with Crippen molar-refractivity contribution in [3.05, 3.63) is 76.9 Å². The van der Waals surface area contributed by atoms with E-state index in [-0.39, 0.29) is 5.41 Å². The Morgan fingerprint density at radius 2 is 1.72 bits per heavy atom. The molecule has 7 heteroatoms. The van der Waals surface area contributed by atoms with Crippen molar-refractivity contribution >= 4 is 0 Å². The van der Waals surface area contributed by atoms with E-state index in [0.29, 0.717) is 5.82 Å². The van der Waals surface area contributed by atoms with Crippen LogP contribution in [0, 0.1) is 0 Å². The molecule has 2 aromatic carbocycles. The average Bonchev–Trinajstić information content (AvgIpc) is 3.44. The molecule has 0 bridgehead atoms. The number of aromatic amines is 1. The quantitative estimate of drug-likeness (QED) is 0.437. The van der Waals surface area contributed by atoms with Gasteiger partial charge in [-0.2, -0.15) is 5.10 Å². The fraction of sp³-hybridized carbons (Fsp3) is 0.400. The van der Waals surface area contributed by atoms with Crippen molar-refractivity contribution in [1.82, 2.24) is 35.4 Å². The van der Waals surface area contributed by atoms with Crippen LogP contribution >= 0.6 is 0 Å². The molecule has 0 saturated carbocycles. The third kappa shape index (κ3) is 5.10. The summed E-state index contributed by atoms with van der Waals surface area (Å²) in [4.78, 5) is 4.86. The van der Waals surface area contributed by atoms with E-state index in [9.17, 15) is 0 Å². The van der Waals surface area contributed by atoms with E-state index >= 15 is 0 Å². The van der Waals surface area contributed by atoms with Crippen LogP contribution in [0.25, 0.3) is 11.4 Å². The first-order chi connectivity index (χ1) is 15.4. The predicted octanol–water partition coefficient (Wildman–Crippen LogP) is 4.74. The molecule has 0 spiro atoms. The molecule has 0 fully saturated rings. The Morgan fingerprint density at radius 3 is 2.41 bits per heavy atom. The van der Waals surface area contributed by atoms with Crippen molar-refractivity contribution in [3.8, 4) is 11.4 Å². The fourth-order valence-corrected chi connectivity index (χ4v) is 3.83. The summed E-state index contributed by atoms with van der Waals surface area (Å²) in [6, 6.07) is 17.0. The summed E-state index contributed by atoms with van der Waals surface area (Å²) in [5.74, 6) is 2.69. The minimum Gasteiger partial charge on any atom is -0.245 e. The number of aryl methyl sites for hydroxylation is 1. The summed E-state index contributed by atoms with van der Waals surface area (Å²) in [5.41, 5.74) is 4.63. The Kier molecular flexibility index (Phi) is 6.44. The third-order valence-corrected chi connectivity index (χ3v) is 5.51. The highest BCUT2D eigenvalue weighted by atomic mass is 15.5. The zero-order valence-electron chi connectivity index (χ0n) is 19.3. The number of aromatic nitrogens is 7. The number of nitrogens with zero attached hydrogens (tertiary/aromatic N) is 6. The first kappa shape index (κ1) is 21.9. The molecule has 0 aliphatic rings. The first-order valence-electron chi connectivity index (χ1n) is 11.3. The molecule has 7 nitrogen and oxygen atoms in total. The van der Waals surface area contributed by atoms with Crippen LogP contribution in [0.15, 0.2) is 48.5 Å². The SMILES string of the molecule is CCCCc1nc(C(C)(C)C)n(Cc2ccc(Cc3ccccc3-c3nnn[nH]3)cc2)n1. The first-order valence-corrected chi connectivity index (χ1v) is 11.3. The van der Waals surface area contributed by atoms with Crippen LogP contribution in [0.3, 0.4) is 0 Å². The number of nitrogens with one attached hydrogen (secondary N) is 1. The second-order valence-electron chi connectivity index (χ2n) is 9.26. The van der Waals surface area contributed by atoms with E-state index in [2.05, 4.69) is 83.3 Å². The molecular formula is C25H31N7. The van der Waals surface area contributed by atoms with E-state index in [0.717, 1.165) is 49.4 Å². The predicted molar refractivity (Wildman–Crippen MR) is 125 cm³/mol. The lowest BCUT2D eigenvalue weighted by Crippen LogP contribution is -2.20. The van der Waals surface area contributed by atoms with Gasteiger partial charge in [-0.3, -0.25) is 0 Å². The maximum absolute atomic E-state index is 4.86. The van der Waals surface area contributed by atoms with Gasteiger partial charge in [0.2, 0.25) is 0 Å². The number of hydrogen-bond donors (Lipinski definition) is 1. The van der Waals surface area contributed by atoms with Gasteiger partial charge in [-0.1, -0.05) is 82.6 Å². The molecule has 0 atom stereocenters. The van der Waals surface area contributed by atoms with Gasteiger partial charge in [0, 0.05) is 17.4 Å². The van der Waals surface area contributed by atoms with Gasteiger partial charge < -0.3 is 0 Å². The summed E-state index contributed by atoms with van der Waals surface area (Å²) < 4.78 is 2.08. The van der Waals surface area contributed by atoms with Crippen molar-refractivity contribution in [1.29, 1.82) is 0 Å². The normalized spacial score (nSPS) is 11.8. The van der Waals surface area contributed by atoms with E-state index in [1.54, 1.807) is 0 Å². The largest absolute Gasteiger partial charge is 0.245 e. The lowest BCUT2D eigenvalue weighted by molar-refractivity contribution is 0.490. The monoisotopic (exact) mass is 429 g/mol. The summed E-state index contributed by atoms with van der Waals surface area (Å²) >= 11 is 0. The molecule has 0 aliphatic carbocycles. The lowest BCUT2D eigenvalue weighted by atomic mass is 9.95. The molecule has 32 heavy (non-hydrogen) atoms. The van der Waals surface area contributed by atoms with Gasteiger partial charge in [0.15, 0.2) is 11.6 Å². The Balaban J connectivity index is 1.52. The van der Waals surface area contributed by atoms with Crippen LogP contribution in [0.1, 0.15) is 68.9 Å². The summed E-state index contributed by atoms with van der Waals surface area (Å²) in [6.45, 7) is 9.52. The number of benzene rings is 2. The molecular weight excluding hydrogens is 398 g/mol. The Morgan fingerprint density at radius 1 is 0.969 bits per heavy atom. The minimum atomic E-state index is -0.0450. The van der Waals surface area contributed by atoms with Crippen molar-refractivity contribution < 1.29 is 0 Å². The smallest absolute Gasteiger partial charge is 0.179 e. The Bertz CT molecular complexity index is 1140. The second kappa shape index (κ2) is 9.42. The molecule has 4 aromatic rings. The van der Waals surface area contributed by atoms with Crippen LogP contribution in [0.2, 0.25) is 0 Å². The summed E-state index contributed by atoms with van der Waals surface area (Å²) in [6.07, 6.45) is 4.02. The van der Waals surface area contributed by atoms with Crippen molar-refractivity contribution in [3.63, 3.8) is 0 Å². The molecule has 2 aromatic heterocycles. The molecule has 0 amide bonds. The number of tetrazole rings is 1. The molecule has 0 unspecified atom stereocenters. The lowest BCUT2D eigenvalue weighted by Gasteiger charge is -2.18. The van der Waals surface area contributed by atoms with Crippen molar-refractivity contribution in [2.24, 2.45) is 0 Å². The molecule has 0 radical (unpaired) electrons. The zero-order valence-corrected chi connectivity index (χ0v) is 19.3. The Hall–Kier alpha value is -3.35. The van der Waals surface area contributed by atoms with E-state index in [4.69, 9.17) is 10.1 Å². The van der Waals surface area contributed by atoms with Gasteiger partial charge >= 0.3 is 0 Å². The number of H-pyrrole nitrogens is 1. The third-order valence-electron chi connectivity index (χ3n) is 5.51. The molecule has 1 N–H and O–H groups in total. The maximum Gasteiger partial charge on any atom is 0.179 e. The van der Waals surface area contributed by atoms with Crippen LogP contribution in [-0.4, -0.2) is 35.4 Å². The molecule has 4 rings (SSSR count).